The highest BCUT2D eigenvalue weighted by molar-refractivity contribution is 6.86. The van der Waals surface area contributed by atoms with Crippen LogP contribution in [0.15, 0.2) is 24.6 Å². The van der Waals surface area contributed by atoms with E-state index in [4.69, 9.17) is 8.23 Å². The molecule has 0 aliphatic carbocycles. The molecule has 0 aromatic carbocycles. The molecule has 0 aromatic heterocycles. The second kappa shape index (κ2) is 5.06. The molecule has 5 heteroatoms. The van der Waals surface area contributed by atoms with Crippen LogP contribution in [0.4, 0.5) is 0 Å². The summed E-state index contributed by atoms with van der Waals surface area (Å²) >= 11 is 0. The van der Waals surface area contributed by atoms with Crippen molar-refractivity contribution in [2.45, 2.75) is 26.2 Å². The van der Waals surface area contributed by atoms with Gasteiger partial charge in [-0.15, -0.1) is 13.2 Å². The van der Waals surface area contributed by atoms with Crippen molar-refractivity contribution in [2.75, 3.05) is 0 Å². The standard InChI is InChI=1S/C8H20O2Si3/c1-7-11-9-13(6,8-2)10-12(3,4)5/h7-8H,1-2,11H2,3-6H3. The van der Waals surface area contributed by atoms with Crippen molar-refractivity contribution in [1.29, 1.82) is 0 Å². The van der Waals surface area contributed by atoms with Gasteiger partial charge in [0.2, 0.25) is 0 Å². The minimum Gasteiger partial charge on any atom is -0.435 e. The Morgan fingerprint density at radius 3 is 2.00 bits per heavy atom. The van der Waals surface area contributed by atoms with Gasteiger partial charge >= 0.3 is 8.56 Å². The molecule has 0 spiro atoms. The maximum atomic E-state index is 6.00. The van der Waals surface area contributed by atoms with Crippen LogP contribution in [0.3, 0.4) is 0 Å². The Labute approximate surface area is 86.0 Å². The Kier molecular flexibility index (Phi) is 5.08. The molecule has 0 N–H and O–H groups in total. The fraction of sp³-hybridized carbons (Fsp3) is 0.500. The molecule has 0 saturated carbocycles. The van der Waals surface area contributed by atoms with Gasteiger partial charge in [0.15, 0.2) is 18.1 Å². The van der Waals surface area contributed by atoms with Crippen molar-refractivity contribution in [3.8, 4) is 0 Å². The van der Waals surface area contributed by atoms with Crippen LogP contribution in [-0.2, 0) is 8.23 Å². The summed E-state index contributed by atoms with van der Waals surface area (Å²) < 4.78 is 11.8. The van der Waals surface area contributed by atoms with Crippen molar-refractivity contribution >= 4 is 26.6 Å². The van der Waals surface area contributed by atoms with E-state index in [9.17, 15) is 0 Å². The van der Waals surface area contributed by atoms with E-state index >= 15 is 0 Å². The van der Waals surface area contributed by atoms with Crippen LogP contribution >= 0.6 is 0 Å². The van der Waals surface area contributed by atoms with Gasteiger partial charge in [0.05, 0.1) is 0 Å². The fourth-order valence-electron chi connectivity index (χ4n) is 0.962. The molecule has 0 amide bonds. The van der Waals surface area contributed by atoms with E-state index in [0.29, 0.717) is 0 Å². The number of hydrogen-bond donors (Lipinski definition) is 0. The van der Waals surface area contributed by atoms with Gasteiger partial charge in [-0.05, 0) is 26.2 Å². The molecule has 0 radical (unpaired) electrons. The zero-order valence-electron chi connectivity index (χ0n) is 9.09. The van der Waals surface area contributed by atoms with Crippen LogP contribution in [0.1, 0.15) is 0 Å². The quantitative estimate of drug-likeness (QED) is 0.651. The first-order chi connectivity index (χ1) is 5.83. The van der Waals surface area contributed by atoms with Gasteiger partial charge in [-0.2, -0.15) is 0 Å². The molecule has 0 aromatic rings. The first-order valence-electron chi connectivity index (χ1n) is 4.41. The third kappa shape index (κ3) is 6.17. The van der Waals surface area contributed by atoms with Gasteiger partial charge in [-0.25, -0.2) is 0 Å². The van der Waals surface area contributed by atoms with E-state index in [-0.39, 0.29) is 0 Å². The predicted octanol–water partition coefficient (Wildman–Crippen LogP) is 1.88. The summed E-state index contributed by atoms with van der Waals surface area (Å²) in [5.74, 6) is 0. The van der Waals surface area contributed by atoms with Crippen LogP contribution in [-0.4, -0.2) is 26.6 Å². The lowest BCUT2D eigenvalue weighted by atomic mass is 11.3. The van der Waals surface area contributed by atoms with Crippen molar-refractivity contribution < 1.29 is 8.23 Å². The van der Waals surface area contributed by atoms with Gasteiger partial charge in [0, 0.05) is 0 Å². The average Bonchev–Trinajstić information content (AvgIpc) is 1.98. The monoisotopic (exact) mass is 232 g/mol. The molecule has 0 aliphatic heterocycles. The Morgan fingerprint density at radius 1 is 1.15 bits per heavy atom. The third-order valence-corrected chi connectivity index (χ3v) is 9.37. The summed E-state index contributed by atoms with van der Waals surface area (Å²) in [6.07, 6.45) is 0. The maximum Gasteiger partial charge on any atom is 0.340 e. The minimum absolute atomic E-state index is 0.611. The molecule has 76 valence electrons. The van der Waals surface area contributed by atoms with Gasteiger partial charge in [-0.1, -0.05) is 11.4 Å². The van der Waals surface area contributed by atoms with Gasteiger partial charge in [0.25, 0.3) is 0 Å². The van der Waals surface area contributed by atoms with Crippen LogP contribution < -0.4 is 0 Å². The lowest BCUT2D eigenvalue weighted by Crippen LogP contribution is -2.46. The van der Waals surface area contributed by atoms with Crippen molar-refractivity contribution in [3.05, 3.63) is 24.6 Å². The highest BCUT2D eigenvalue weighted by Crippen LogP contribution is 2.15. The molecular weight excluding hydrogens is 212 g/mol. The van der Waals surface area contributed by atoms with Crippen LogP contribution in [0.2, 0.25) is 26.2 Å². The SMILES string of the molecule is C=C[SiH2]O[Si](C)(C=C)O[Si](C)(C)C. The zero-order valence-corrected chi connectivity index (χ0v) is 12.5. The molecule has 0 aliphatic rings. The highest BCUT2D eigenvalue weighted by atomic mass is 28.5. The summed E-state index contributed by atoms with van der Waals surface area (Å²) in [4.78, 5) is 0. The molecule has 0 saturated heterocycles. The topological polar surface area (TPSA) is 18.5 Å². The average molecular weight is 233 g/mol. The highest BCUT2D eigenvalue weighted by Gasteiger charge is 2.32. The molecule has 1 unspecified atom stereocenters. The van der Waals surface area contributed by atoms with Crippen LogP contribution in [0.25, 0.3) is 0 Å². The van der Waals surface area contributed by atoms with Crippen molar-refractivity contribution in [3.63, 3.8) is 0 Å². The predicted molar refractivity (Wildman–Crippen MR) is 66.1 cm³/mol. The first kappa shape index (κ1) is 13.1. The third-order valence-electron chi connectivity index (χ3n) is 1.37. The van der Waals surface area contributed by atoms with Crippen LogP contribution in [0, 0.1) is 0 Å². The van der Waals surface area contributed by atoms with Gasteiger partial charge in [-0.3, -0.25) is 0 Å². The zero-order chi connectivity index (χ0) is 10.5. The lowest BCUT2D eigenvalue weighted by Gasteiger charge is -2.31. The summed E-state index contributed by atoms with van der Waals surface area (Å²) in [5, 5.41) is 0. The lowest BCUT2D eigenvalue weighted by molar-refractivity contribution is 0.421. The Balaban J connectivity index is 4.27. The molecule has 13 heavy (non-hydrogen) atoms. The van der Waals surface area contributed by atoms with Gasteiger partial charge < -0.3 is 8.23 Å². The fourth-order valence-corrected chi connectivity index (χ4v) is 9.19. The minimum atomic E-state index is -2.06. The Morgan fingerprint density at radius 2 is 1.69 bits per heavy atom. The van der Waals surface area contributed by atoms with Gasteiger partial charge in [0.1, 0.15) is 0 Å². The molecule has 1 atom stereocenters. The Bertz CT molecular complexity index is 188. The van der Waals surface area contributed by atoms with E-state index in [1.54, 1.807) is 0 Å². The van der Waals surface area contributed by atoms with E-state index in [0.717, 1.165) is 0 Å². The van der Waals surface area contributed by atoms with Crippen LogP contribution in [0.5, 0.6) is 0 Å². The molecular formula is C8H20O2Si3. The summed E-state index contributed by atoms with van der Waals surface area (Å²) in [5.41, 5.74) is 3.74. The van der Waals surface area contributed by atoms with E-state index in [1.807, 2.05) is 11.4 Å². The summed E-state index contributed by atoms with van der Waals surface area (Å²) in [7, 11) is -4.18. The molecule has 2 nitrogen and oxygen atoms in total. The Hall–Kier alpha value is 0.0506. The second-order valence-corrected chi connectivity index (χ2v) is 13.6. The van der Waals surface area contributed by atoms with E-state index < -0.39 is 26.6 Å². The number of rotatable bonds is 6. The second-order valence-electron chi connectivity index (χ2n) is 4.03. The van der Waals surface area contributed by atoms with Crippen molar-refractivity contribution in [2.24, 2.45) is 0 Å². The smallest absolute Gasteiger partial charge is 0.340 e. The normalized spacial score (nSPS) is 17.2. The molecule has 0 heterocycles. The van der Waals surface area contributed by atoms with E-state index in [1.165, 1.54) is 0 Å². The van der Waals surface area contributed by atoms with E-state index in [2.05, 4.69) is 39.3 Å². The molecule has 0 bridgehead atoms. The summed E-state index contributed by atoms with van der Waals surface area (Å²) in [6.45, 7) is 16.0. The van der Waals surface area contributed by atoms with Crippen molar-refractivity contribution in [1.82, 2.24) is 0 Å². The number of hydrogen-bond acceptors (Lipinski definition) is 2. The molecule has 0 rings (SSSR count). The maximum absolute atomic E-state index is 6.00. The largest absolute Gasteiger partial charge is 0.435 e. The first-order valence-corrected chi connectivity index (χ1v) is 11.6. The summed E-state index contributed by atoms with van der Waals surface area (Å²) in [6, 6.07) is 0. The molecule has 0 fully saturated rings.